The van der Waals surface area contributed by atoms with E-state index in [0.29, 0.717) is 6.42 Å². The molecule has 158 valence electrons. The Kier molecular flexibility index (Phi) is 11.2. The number of phenols is 2. The Morgan fingerprint density at radius 3 is 1.96 bits per heavy atom. The van der Waals surface area contributed by atoms with Crippen LogP contribution in [0.2, 0.25) is 0 Å². The predicted molar refractivity (Wildman–Crippen MR) is 110 cm³/mol. The number of rotatable bonds is 13. The highest BCUT2D eigenvalue weighted by Gasteiger charge is 2.27. The molecule has 7 nitrogen and oxygen atoms in total. The molecule has 1 aromatic carbocycles. The van der Waals surface area contributed by atoms with Crippen molar-refractivity contribution in [2.75, 3.05) is 6.54 Å². The molecule has 6 N–H and O–H groups in total. The monoisotopic (exact) mass is 393 g/mol. The van der Waals surface area contributed by atoms with Gasteiger partial charge in [-0.1, -0.05) is 64.7 Å². The van der Waals surface area contributed by atoms with E-state index < -0.39 is 23.7 Å². The van der Waals surface area contributed by atoms with Crippen LogP contribution in [0.3, 0.4) is 0 Å². The quantitative estimate of drug-likeness (QED) is 0.301. The third-order valence-corrected chi connectivity index (χ3v) is 4.74. The van der Waals surface area contributed by atoms with E-state index in [4.69, 9.17) is 11.5 Å². The van der Waals surface area contributed by atoms with Crippen molar-refractivity contribution in [3.63, 3.8) is 0 Å². The van der Waals surface area contributed by atoms with E-state index in [2.05, 4.69) is 6.92 Å². The second kappa shape index (κ2) is 13.1. The summed E-state index contributed by atoms with van der Waals surface area (Å²) in [6.45, 7) is 2.40. The summed E-state index contributed by atoms with van der Waals surface area (Å²) in [7, 11) is 0. The van der Waals surface area contributed by atoms with Crippen molar-refractivity contribution in [1.29, 1.82) is 0 Å². The van der Waals surface area contributed by atoms with Crippen LogP contribution in [-0.2, 0) is 4.79 Å². The Morgan fingerprint density at radius 2 is 1.46 bits per heavy atom. The van der Waals surface area contributed by atoms with Gasteiger partial charge < -0.3 is 21.7 Å². The molecule has 2 amide bonds. The Bertz CT molecular complexity index is 620. The number of phenolic OH excluding ortho intramolecular Hbond substituents is 2. The van der Waals surface area contributed by atoms with E-state index in [1.165, 1.54) is 50.7 Å². The highest BCUT2D eigenvalue weighted by Crippen LogP contribution is 2.24. The predicted octanol–water partition coefficient (Wildman–Crippen LogP) is 3.23. The molecule has 0 fully saturated rings. The van der Waals surface area contributed by atoms with Crippen LogP contribution in [0.1, 0.15) is 81.5 Å². The lowest BCUT2D eigenvalue weighted by Gasteiger charge is -2.23. The largest absolute Gasteiger partial charge is 0.508 e. The van der Waals surface area contributed by atoms with Crippen LogP contribution in [0, 0.1) is 0 Å². The van der Waals surface area contributed by atoms with Gasteiger partial charge in [-0.3, -0.25) is 14.5 Å². The molecular weight excluding hydrogens is 358 g/mol. The van der Waals surface area contributed by atoms with Crippen molar-refractivity contribution in [2.24, 2.45) is 11.5 Å². The molecular formula is C21H35N3O4. The molecule has 1 aromatic rings. The molecule has 28 heavy (non-hydrogen) atoms. The van der Waals surface area contributed by atoms with E-state index in [-0.39, 0.29) is 17.9 Å². The zero-order chi connectivity index (χ0) is 20.9. The summed E-state index contributed by atoms with van der Waals surface area (Å²) in [5.41, 5.74) is 10.9. The number of hydrogen-bond acceptors (Lipinski definition) is 6. The molecule has 0 aromatic heterocycles. The van der Waals surface area contributed by atoms with Crippen LogP contribution in [0.25, 0.3) is 0 Å². The van der Waals surface area contributed by atoms with Crippen molar-refractivity contribution < 1.29 is 19.8 Å². The van der Waals surface area contributed by atoms with Gasteiger partial charge in [-0.25, -0.2) is 0 Å². The number of benzene rings is 1. The van der Waals surface area contributed by atoms with Gasteiger partial charge in [-0.15, -0.1) is 0 Å². The third-order valence-electron chi connectivity index (χ3n) is 4.74. The van der Waals surface area contributed by atoms with Gasteiger partial charge in [-0.2, -0.15) is 0 Å². The maximum atomic E-state index is 12.7. The number of unbranched alkanes of at least 4 members (excludes halogenated alkanes) is 9. The minimum atomic E-state index is -1.30. The number of carbonyl (C=O) groups is 2. The summed E-state index contributed by atoms with van der Waals surface area (Å²) < 4.78 is 0. The Balaban J connectivity index is 2.49. The highest BCUT2D eigenvalue weighted by atomic mass is 16.3. The van der Waals surface area contributed by atoms with Crippen LogP contribution in [0.4, 0.5) is 0 Å². The first-order valence-electron chi connectivity index (χ1n) is 10.3. The van der Waals surface area contributed by atoms with Crippen molar-refractivity contribution in [3.05, 3.63) is 23.8 Å². The smallest absolute Gasteiger partial charge is 0.264 e. The number of nitrogens with two attached hydrogens (primary N) is 2. The van der Waals surface area contributed by atoms with Gasteiger partial charge in [0.15, 0.2) is 0 Å². The molecule has 0 aliphatic heterocycles. The fraction of sp³-hybridized carbons (Fsp3) is 0.619. The van der Waals surface area contributed by atoms with E-state index >= 15 is 0 Å². The minimum Gasteiger partial charge on any atom is -0.508 e. The Hall–Kier alpha value is -2.12. The van der Waals surface area contributed by atoms with E-state index in [0.717, 1.165) is 30.2 Å². The van der Waals surface area contributed by atoms with Crippen LogP contribution in [0.15, 0.2) is 18.2 Å². The van der Waals surface area contributed by atoms with Crippen molar-refractivity contribution >= 4 is 11.8 Å². The Morgan fingerprint density at radius 1 is 0.929 bits per heavy atom. The average Bonchev–Trinajstić information content (AvgIpc) is 2.65. The topological polar surface area (TPSA) is 130 Å². The van der Waals surface area contributed by atoms with Gasteiger partial charge >= 0.3 is 0 Å². The average molecular weight is 394 g/mol. The number of carbonyl (C=O) groups excluding carboxylic acids is 2. The molecule has 0 saturated carbocycles. The number of imide groups is 1. The van der Waals surface area contributed by atoms with Gasteiger partial charge in [-0.05, 0) is 18.6 Å². The first-order valence-corrected chi connectivity index (χ1v) is 10.3. The second-order valence-electron chi connectivity index (χ2n) is 7.20. The van der Waals surface area contributed by atoms with Crippen LogP contribution < -0.4 is 11.5 Å². The maximum absolute atomic E-state index is 12.7. The standard InChI is InChI=1S/C21H35N3O4/c1-2-3-4-5-6-7-8-9-10-11-14-24(21(28)19(22)23)20(27)17-13-12-16(25)15-18(17)26/h12-13,15,19,25-26H,2-11,14,22-23H2,1H3. The third kappa shape index (κ3) is 8.27. The SMILES string of the molecule is CCCCCCCCCCCCN(C(=O)c1ccc(O)cc1O)C(=O)C(N)N. The molecule has 1 rings (SSSR count). The molecule has 0 atom stereocenters. The van der Waals surface area contributed by atoms with Crippen LogP contribution in [-0.4, -0.2) is 39.6 Å². The molecule has 0 unspecified atom stereocenters. The molecule has 0 heterocycles. The van der Waals surface area contributed by atoms with Gasteiger partial charge in [0.05, 0.1) is 5.56 Å². The second-order valence-corrected chi connectivity index (χ2v) is 7.20. The summed E-state index contributed by atoms with van der Waals surface area (Å²) in [4.78, 5) is 25.9. The fourth-order valence-electron chi connectivity index (χ4n) is 3.10. The Labute approximate surface area is 167 Å². The van der Waals surface area contributed by atoms with Gasteiger partial charge in [0.2, 0.25) is 0 Å². The number of hydrogen-bond donors (Lipinski definition) is 4. The van der Waals surface area contributed by atoms with Gasteiger partial charge in [0.1, 0.15) is 17.7 Å². The first kappa shape index (κ1) is 23.9. The lowest BCUT2D eigenvalue weighted by Crippen LogP contribution is -2.51. The zero-order valence-electron chi connectivity index (χ0n) is 16.9. The van der Waals surface area contributed by atoms with E-state index in [1.807, 2.05) is 0 Å². The summed E-state index contributed by atoms with van der Waals surface area (Å²) in [5.74, 6) is -1.92. The summed E-state index contributed by atoms with van der Waals surface area (Å²) >= 11 is 0. The van der Waals surface area contributed by atoms with Crippen LogP contribution >= 0.6 is 0 Å². The van der Waals surface area contributed by atoms with Gasteiger partial charge in [0.25, 0.3) is 11.8 Å². The maximum Gasteiger partial charge on any atom is 0.264 e. The van der Waals surface area contributed by atoms with E-state index in [9.17, 15) is 19.8 Å². The number of nitrogens with zero attached hydrogens (tertiary/aromatic N) is 1. The number of aromatic hydroxyl groups is 2. The van der Waals surface area contributed by atoms with Crippen molar-refractivity contribution in [2.45, 2.75) is 77.3 Å². The minimum absolute atomic E-state index is 0.0705. The molecule has 0 radical (unpaired) electrons. The lowest BCUT2D eigenvalue weighted by atomic mass is 10.1. The van der Waals surface area contributed by atoms with Crippen molar-refractivity contribution in [3.8, 4) is 11.5 Å². The molecule has 0 aliphatic rings. The normalized spacial score (nSPS) is 11.0. The zero-order valence-corrected chi connectivity index (χ0v) is 16.9. The summed E-state index contributed by atoms with van der Waals surface area (Å²) in [6, 6.07) is 3.60. The molecule has 0 spiro atoms. The number of amides is 2. The van der Waals surface area contributed by atoms with Crippen LogP contribution in [0.5, 0.6) is 11.5 Å². The molecule has 0 aliphatic carbocycles. The summed E-state index contributed by atoms with van der Waals surface area (Å²) in [6.07, 6.45) is 10.0. The highest BCUT2D eigenvalue weighted by molar-refractivity contribution is 6.07. The molecule has 0 saturated heterocycles. The van der Waals surface area contributed by atoms with Gasteiger partial charge in [0, 0.05) is 12.6 Å². The summed E-state index contributed by atoms with van der Waals surface area (Å²) in [5, 5.41) is 19.3. The molecule has 0 bridgehead atoms. The van der Waals surface area contributed by atoms with E-state index in [1.54, 1.807) is 0 Å². The first-order chi connectivity index (χ1) is 13.4. The van der Waals surface area contributed by atoms with Crippen molar-refractivity contribution in [1.82, 2.24) is 4.90 Å². The lowest BCUT2D eigenvalue weighted by molar-refractivity contribution is -0.129. The fourth-order valence-corrected chi connectivity index (χ4v) is 3.10. The molecule has 7 heteroatoms.